The molecule has 28 heavy (non-hydrogen) atoms. The molecule has 0 bridgehead atoms. The van der Waals surface area contributed by atoms with E-state index in [9.17, 15) is 9.60 Å². The Hall–Kier alpha value is -2.96. The molecule has 0 atom stereocenters. The number of nitrogens with zero attached hydrogens (tertiary/aromatic N) is 8. The number of hydrogen-bond acceptors (Lipinski definition) is 9. The molecule has 3 aromatic rings. The number of rotatable bonds is 7. The zero-order chi connectivity index (χ0) is 20.3. The van der Waals surface area contributed by atoms with E-state index < -0.39 is 11.7 Å². The largest absolute Gasteiger partial charge is 0.309 e. The lowest BCUT2D eigenvalue weighted by atomic mass is 10.2. The van der Waals surface area contributed by atoms with Gasteiger partial charge in [-0.1, -0.05) is 16.8 Å². The third-order valence-corrected chi connectivity index (χ3v) is 4.12. The Morgan fingerprint density at radius 1 is 1.36 bits per heavy atom. The first-order chi connectivity index (χ1) is 13.4. The van der Waals surface area contributed by atoms with Crippen LogP contribution in [0.1, 0.15) is 17.2 Å². The van der Waals surface area contributed by atoms with E-state index >= 15 is 0 Å². The number of nitrogens with one attached hydrogen (secondary N) is 1. The van der Waals surface area contributed by atoms with Crippen molar-refractivity contribution in [3.05, 3.63) is 46.3 Å². The molecule has 13 heteroatoms. The van der Waals surface area contributed by atoms with Crippen molar-refractivity contribution in [3.8, 4) is 0 Å². The van der Waals surface area contributed by atoms with Gasteiger partial charge in [-0.2, -0.15) is 0 Å². The molecule has 0 amide bonds. The van der Waals surface area contributed by atoms with Crippen LogP contribution < -0.4 is 5.06 Å². The van der Waals surface area contributed by atoms with Crippen LogP contribution in [-0.2, 0) is 13.0 Å². The molecule has 0 aliphatic carbocycles. The Morgan fingerprint density at radius 3 is 2.86 bits per heavy atom. The fourth-order valence-corrected chi connectivity index (χ4v) is 2.50. The van der Waals surface area contributed by atoms with Gasteiger partial charge in [-0.3, -0.25) is 10.6 Å². The SMILES string of the molecule is CN(C)CCc1nnnn1Cc1nonc1C(=N)N(O)c1ccc(F)c(Cl)c1. The van der Waals surface area contributed by atoms with Crippen molar-refractivity contribution in [3.63, 3.8) is 0 Å². The van der Waals surface area contributed by atoms with Crippen LogP contribution in [0.25, 0.3) is 0 Å². The Kier molecular flexibility index (Phi) is 5.92. The number of likely N-dealkylation sites (N-methyl/N-ethyl adjacent to an activating group) is 1. The van der Waals surface area contributed by atoms with Crippen molar-refractivity contribution in [2.45, 2.75) is 13.0 Å². The minimum absolute atomic E-state index is 0.0167. The fraction of sp³-hybridized carbons (Fsp3) is 0.333. The van der Waals surface area contributed by atoms with Crippen LogP contribution in [0.3, 0.4) is 0 Å². The first kappa shape index (κ1) is 19.8. The number of hydrogen-bond donors (Lipinski definition) is 2. The highest BCUT2D eigenvalue weighted by atomic mass is 35.5. The van der Waals surface area contributed by atoms with Gasteiger partial charge < -0.3 is 4.90 Å². The summed E-state index contributed by atoms with van der Waals surface area (Å²) in [5, 5.41) is 37.8. The summed E-state index contributed by atoms with van der Waals surface area (Å²) in [4.78, 5) is 2.00. The van der Waals surface area contributed by atoms with Crippen molar-refractivity contribution in [1.29, 1.82) is 5.41 Å². The molecule has 0 aliphatic rings. The van der Waals surface area contributed by atoms with Gasteiger partial charge in [0.15, 0.2) is 17.4 Å². The Morgan fingerprint density at radius 2 is 2.14 bits per heavy atom. The molecule has 2 heterocycles. The van der Waals surface area contributed by atoms with Gasteiger partial charge in [-0.05, 0) is 47.9 Å². The number of aromatic nitrogens is 6. The van der Waals surface area contributed by atoms with Crippen LogP contribution in [0.5, 0.6) is 0 Å². The quantitative estimate of drug-likeness (QED) is 0.335. The third-order valence-electron chi connectivity index (χ3n) is 3.83. The summed E-state index contributed by atoms with van der Waals surface area (Å²) >= 11 is 5.72. The molecule has 3 rings (SSSR count). The summed E-state index contributed by atoms with van der Waals surface area (Å²) in [6.07, 6.45) is 0.609. The molecule has 1 aromatic carbocycles. The zero-order valence-corrected chi connectivity index (χ0v) is 15.8. The van der Waals surface area contributed by atoms with Crippen LogP contribution in [0, 0.1) is 11.2 Å². The van der Waals surface area contributed by atoms with Crippen molar-refractivity contribution in [2.24, 2.45) is 0 Å². The normalized spacial score (nSPS) is 11.2. The molecular weight excluding hydrogens is 393 g/mol. The lowest BCUT2D eigenvalue weighted by molar-refractivity contribution is 0.297. The second-order valence-electron chi connectivity index (χ2n) is 6.12. The molecule has 2 N–H and O–H groups in total. The molecule has 148 valence electrons. The van der Waals surface area contributed by atoms with E-state index in [1.807, 2.05) is 19.0 Å². The Bertz CT molecular complexity index is 974. The van der Waals surface area contributed by atoms with Gasteiger partial charge in [0, 0.05) is 13.0 Å². The van der Waals surface area contributed by atoms with Crippen molar-refractivity contribution in [1.82, 2.24) is 35.4 Å². The van der Waals surface area contributed by atoms with Crippen molar-refractivity contribution in [2.75, 3.05) is 25.7 Å². The van der Waals surface area contributed by atoms with E-state index in [1.165, 1.54) is 16.8 Å². The summed E-state index contributed by atoms with van der Waals surface area (Å²) in [6, 6.07) is 3.52. The minimum Gasteiger partial charge on any atom is -0.309 e. The molecule has 0 unspecified atom stereocenters. The lowest BCUT2D eigenvalue weighted by Crippen LogP contribution is -2.29. The van der Waals surface area contributed by atoms with Crippen LogP contribution in [0.4, 0.5) is 10.1 Å². The highest BCUT2D eigenvalue weighted by molar-refractivity contribution is 6.31. The molecular formula is C15H17ClFN9O2. The van der Waals surface area contributed by atoms with E-state index in [4.69, 9.17) is 21.6 Å². The highest BCUT2D eigenvalue weighted by Gasteiger charge is 2.23. The molecule has 0 spiro atoms. The number of amidine groups is 1. The first-order valence-electron chi connectivity index (χ1n) is 8.11. The first-order valence-corrected chi connectivity index (χ1v) is 8.48. The summed E-state index contributed by atoms with van der Waals surface area (Å²) in [7, 11) is 3.87. The number of halogens is 2. The second kappa shape index (κ2) is 8.37. The number of anilines is 1. The summed E-state index contributed by atoms with van der Waals surface area (Å²) in [5.41, 5.74) is 0.312. The summed E-state index contributed by atoms with van der Waals surface area (Å²) < 4.78 is 19.6. The van der Waals surface area contributed by atoms with Crippen LogP contribution >= 0.6 is 11.6 Å². The van der Waals surface area contributed by atoms with Gasteiger partial charge in [-0.25, -0.2) is 18.8 Å². The smallest absolute Gasteiger partial charge is 0.182 e. The van der Waals surface area contributed by atoms with Crippen LogP contribution in [0.2, 0.25) is 5.02 Å². The summed E-state index contributed by atoms with van der Waals surface area (Å²) in [5.74, 6) is -0.444. The van der Waals surface area contributed by atoms with E-state index in [-0.39, 0.29) is 28.6 Å². The zero-order valence-electron chi connectivity index (χ0n) is 15.0. The predicted octanol–water partition coefficient (Wildman–Crippen LogP) is 1.22. The minimum atomic E-state index is -0.641. The number of benzene rings is 1. The van der Waals surface area contributed by atoms with Crippen molar-refractivity contribution >= 4 is 23.1 Å². The predicted molar refractivity (Wildman–Crippen MR) is 96.0 cm³/mol. The molecule has 2 aromatic heterocycles. The Balaban J connectivity index is 1.79. The number of tetrazole rings is 1. The maximum Gasteiger partial charge on any atom is 0.182 e. The molecule has 0 saturated carbocycles. The van der Waals surface area contributed by atoms with Gasteiger partial charge in [0.1, 0.15) is 11.5 Å². The maximum absolute atomic E-state index is 13.3. The molecule has 11 nitrogen and oxygen atoms in total. The highest BCUT2D eigenvalue weighted by Crippen LogP contribution is 2.23. The van der Waals surface area contributed by atoms with E-state index in [2.05, 4.69) is 25.8 Å². The van der Waals surface area contributed by atoms with Gasteiger partial charge in [0.25, 0.3) is 0 Å². The van der Waals surface area contributed by atoms with Gasteiger partial charge >= 0.3 is 0 Å². The average molecular weight is 410 g/mol. The van der Waals surface area contributed by atoms with Gasteiger partial charge in [0.05, 0.1) is 17.3 Å². The lowest BCUT2D eigenvalue weighted by Gasteiger charge is -2.16. The standard InChI is InChI=1S/C15H17ClFN9O2/c1-24(2)6-5-13-19-22-23-25(13)8-12-14(21-28-20-12)15(18)26(27)9-3-4-11(17)10(16)7-9/h3-4,7,18,27H,5-6,8H2,1-2H3. The monoisotopic (exact) mass is 409 g/mol. The van der Waals surface area contributed by atoms with Gasteiger partial charge in [-0.15, -0.1) is 5.10 Å². The molecule has 0 fully saturated rings. The number of hydroxylamine groups is 1. The topological polar surface area (TPSA) is 133 Å². The Labute approximate surface area is 163 Å². The van der Waals surface area contributed by atoms with Crippen molar-refractivity contribution < 1.29 is 14.2 Å². The van der Waals surface area contributed by atoms with E-state index in [0.717, 1.165) is 12.6 Å². The van der Waals surface area contributed by atoms with Crippen LogP contribution in [0.15, 0.2) is 22.8 Å². The molecule has 0 saturated heterocycles. The van der Waals surface area contributed by atoms with E-state index in [0.29, 0.717) is 17.3 Å². The molecule has 0 aliphatic heterocycles. The molecule has 0 radical (unpaired) electrons. The fourth-order valence-electron chi connectivity index (χ4n) is 2.33. The van der Waals surface area contributed by atoms with Crippen LogP contribution in [-0.4, -0.2) is 67.1 Å². The summed E-state index contributed by atoms with van der Waals surface area (Å²) in [6.45, 7) is 0.838. The third kappa shape index (κ3) is 4.30. The maximum atomic E-state index is 13.3. The van der Waals surface area contributed by atoms with E-state index in [1.54, 1.807) is 0 Å². The average Bonchev–Trinajstić information content (AvgIpc) is 3.30. The van der Waals surface area contributed by atoms with Gasteiger partial charge in [0.2, 0.25) is 0 Å². The second-order valence-corrected chi connectivity index (χ2v) is 6.53.